The molecule has 0 radical (unpaired) electrons. The summed E-state index contributed by atoms with van der Waals surface area (Å²) < 4.78 is 22.5. The molecule has 4 aromatic rings. The molecule has 43 heavy (non-hydrogen) atoms. The van der Waals surface area contributed by atoms with Crippen LogP contribution in [-0.4, -0.2) is 79.3 Å². The number of halogens is 1. The zero-order valence-electron chi connectivity index (χ0n) is 26.1. The van der Waals surface area contributed by atoms with Crippen LogP contribution in [0, 0.1) is 6.92 Å². The topological polar surface area (TPSA) is 127 Å². The molecular weight excluding hydrogens is 565 g/mol. The number of aryl methyl sites for hydroxylation is 1. The highest BCUT2D eigenvalue weighted by Crippen LogP contribution is 2.33. The highest BCUT2D eigenvalue weighted by Gasteiger charge is 2.39. The molecular formula is C30H42FN9O2Si. The first-order chi connectivity index (χ1) is 20.3. The third-order valence-corrected chi connectivity index (χ3v) is 9.46. The first kappa shape index (κ1) is 30.9. The minimum Gasteiger partial charge on any atom is -0.390 e. The second kappa shape index (κ2) is 12.2. The van der Waals surface area contributed by atoms with E-state index in [4.69, 9.17) is 19.8 Å². The zero-order chi connectivity index (χ0) is 30.9. The van der Waals surface area contributed by atoms with Gasteiger partial charge in [0.25, 0.3) is 0 Å². The SMILES string of the molecule is Cc1nc(-c2ncc(C(C)C)c3cc(Nc4ccnc(N5CCC(O)C(C)(F)C5)n4)ncc23)nn1COCC[Si](C)(C)C. The van der Waals surface area contributed by atoms with Gasteiger partial charge in [-0.25, -0.2) is 24.0 Å². The van der Waals surface area contributed by atoms with Crippen molar-refractivity contribution in [3.8, 4) is 11.5 Å². The van der Waals surface area contributed by atoms with Gasteiger partial charge in [0, 0.05) is 45.2 Å². The normalized spacial score (nSPS) is 19.4. The van der Waals surface area contributed by atoms with E-state index in [9.17, 15) is 9.50 Å². The Balaban J connectivity index is 1.40. The summed E-state index contributed by atoms with van der Waals surface area (Å²) in [4.78, 5) is 24.9. The summed E-state index contributed by atoms with van der Waals surface area (Å²) in [6.45, 7) is 16.1. The largest absolute Gasteiger partial charge is 0.390 e. The zero-order valence-corrected chi connectivity index (χ0v) is 27.1. The molecule has 1 fully saturated rings. The molecule has 230 valence electrons. The van der Waals surface area contributed by atoms with Gasteiger partial charge < -0.3 is 20.1 Å². The predicted molar refractivity (Wildman–Crippen MR) is 169 cm³/mol. The number of pyridine rings is 2. The van der Waals surface area contributed by atoms with Crippen LogP contribution in [0.25, 0.3) is 22.3 Å². The Morgan fingerprint density at radius 2 is 1.93 bits per heavy atom. The van der Waals surface area contributed by atoms with Crippen molar-refractivity contribution in [3.05, 3.63) is 42.1 Å². The van der Waals surface area contributed by atoms with Crippen molar-refractivity contribution in [1.82, 2.24) is 34.7 Å². The smallest absolute Gasteiger partial charge is 0.227 e. The maximum Gasteiger partial charge on any atom is 0.227 e. The molecule has 0 aromatic carbocycles. The lowest BCUT2D eigenvalue weighted by molar-refractivity contribution is -0.00860. The van der Waals surface area contributed by atoms with Crippen LogP contribution in [0.15, 0.2) is 30.7 Å². The molecule has 0 spiro atoms. The fraction of sp³-hybridized carbons (Fsp3) is 0.533. The van der Waals surface area contributed by atoms with Crippen LogP contribution in [-0.2, 0) is 11.5 Å². The van der Waals surface area contributed by atoms with E-state index >= 15 is 0 Å². The summed E-state index contributed by atoms with van der Waals surface area (Å²) in [6.07, 6.45) is 4.62. The van der Waals surface area contributed by atoms with Crippen LogP contribution in [0.2, 0.25) is 25.7 Å². The van der Waals surface area contributed by atoms with Gasteiger partial charge in [-0.2, -0.15) is 4.98 Å². The lowest BCUT2D eigenvalue weighted by atomic mass is 9.94. The quantitative estimate of drug-likeness (QED) is 0.177. The van der Waals surface area contributed by atoms with Crippen molar-refractivity contribution in [1.29, 1.82) is 0 Å². The second-order valence-electron chi connectivity index (χ2n) is 13.0. The van der Waals surface area contributed by atoms with Crippen molar-refractivity contribution in [2.24, 2.45) is 0 Å². The minimum absolute atomic E-state index is 0.0211. The summed E-state index contributed by atoms with van der Waals surface area (Å²) in [6, 6.07) is 4.82. The van der Waals surface area contributed by atoms with Gasteiger partial charge in [0.2, 0.25) is 11.8 Å². The Kier molecular flexibility index (Phi) is 8.77. The Hall–Kier alpha value is -3.55. The number of piperidine rings is 1. The number of nitrogens with one attached hydrogen (secondary N) is 1. The molecule has 1 aliphatic rings. The molecule has 0 saturated carbocycles. The number of hydrogen-bond acceptors (Lipinski definition) is 10. The molecule has 1 aliphatic heterocycles. The molecule has 11 nitrogen and oxygen atoms in total. The van der Waals surface area contributed by atoms with E-state index in [-0.39, 0.29) is 12.5 Å². The number of aliphatic hydroxyl groups is 1. The van der Waals surface area contributed by atoms with Crippen LogP contribution in [0.4, 0.5) is 22.0 Å². The maximum absolute atomic E-state index is 14.8. The second-order valence-corrected chi connectivity index (χ2v) is 18.7. The first-order valence-electron chi connectivity index (χ1n) is 14.8. The molecule has 0 bridgehead atoms. The van der Waals surface area contributed by atoms with Crippen molar-refractivity contribution in [2.75, 3.05) is 29.9 Å². The standard InChI is InChI=1S/C30H42FN9O2Si/c1-19(2)22-15-34-27(28-35-20(3)40(38-28)18-42-12-13-43(5,6)7)23-16-33-26(14-21(22)23)36-25-8-10-32-29(37-25)39-11-9-24(41)30(4,31)17-39/h8,10,14-16,19,24,41H,9,11-13,17-18H2,1-7H3,(H,32,33,36,37). The Bertz CT molecular complexity index is 1590. The number of rotatable bonds is 10. The van der Waals surface area contributed by atoms with Gasteiger partial charge in [-0.05, 0) is 55.3 Å². The van der Waals surface area contributed by atoms with E-state index < -0.39 is 19.8 Å². The number of aliphatic hydroxyl groups excluding tert-OH is 1. The van der Waals surface area contributed by atoms with Gasteiger partial charge in [0.1, 0.15) is 29.9 Å². The van der Waals surface area contributed by atoms with Crippen LogP contribution < -0.4 is 10.2 Å². The third-order valence-electron chi connectivity index (χ3n) is 7.75. The first-order valence-corrected chi connectivity index (χ1v) is 18.5. The molecule has 2 N–H and O–H groups in total. The highest BCUT2D eigenvalue weighted by atomic mass is 28.3. The molecule has 1 saturated heterocycles. The number of anilines is 3. The molecule has 4 aromatic heterocycles. The lowest BCUT2D eigenvalue weighted by Gasteiger charge is -2.38. The molecule has 2 unspecified atom stereocenters. The van der Waals surface area contributed by atoms with Crippen molar-refractivity contribution in [3.63, 3.8) is 0 Å². The molecule has 5 rings (SSSR count). The number of aromatic nitrogens is 7. The number of ether oxygens (including phenoxy) is 1. The molecule has 0 aliphatic carbocycles. The van der Waals surface area contributed by atoms with E-state index in [0.717, 1.165) is 28.2 Å². The van der Waals surface area contributed by atoms with E-state index in [2.05, 4.69) is 53.8 Å². The van der Waals surface area contributed by atoms with Crippen molar-refractivity contribution < 1.29 is 14.2 Å². The Morgan fingerprint density at radius 1 is 1.14 bits per heavy atom. The van der Waals surface area contributed by atoms with E-state index in [1.807, 2.05) is 19.2 Å². The highest BCUT2D eigenvalue weighted by molar-refractivity contribution is 6.76. The van der Waals surface area contributed by atoms with Gasteiger partial charge in [-0.1, -0.05) is 33.5 Å². The summed E-state index contributed by atoms with van der Waals surface area (Å²) >= 11 is 0. The van der Waals surface area contributed by atoms with E-state index in [1.54, 1.807) is 28.0 Å². The maximum atomic E-state index is 14.8. The van der Waals surface area contributed by atoms with Gasteiger partial charge in [-0.15, -0.1) is 5.10 Å². The number of fused-ring (bicyclic) bond motifs is 1. The fourth-order valence-electron chi connectivity index (χ4n) is 5.04. The summed E-state index contributed by atoms with van der Waals surface area (Å²) in [7, 11) is -1.17. The van der Waals surface area contributed by atoms with Gasteiger partial charge in [0.05, 0.1) is 12.6 Å². The fourth-order valence-corrected chi connectivity index (χ4v) is 5.80. The average Bonchev–Trinajstić information content (AvgIpc) is 3.31. The minimum atomic E-state index is -1.73. The number of nitrogens with zero attached hydrogens (tertiary/aromatic N) is 8. The summed E-state index contributed by atoms with van der Waals surface area (Å²) in [5.41, 5.74) is 0.00852. The van der Waals surface area contributed by atoms with Crippen LogP contribution >= 0.6 is 0 Å². The molecule has 13 heteroatoms. The van der Waals surface area contributed by atoms with E-state index in [0.29, 0.717) is 55.4 Å². The monoisotopic (exact) mass is 607 g/mol. The summed E-state index contributed by atoms with van der Waals surface area (Å²) in [5, 5.41) is 19.8. The number of hydrogen-bond donors (Lipinski definition) is 2. The third kappa shape index (κ3) is 7.16. The molecule has 5 heterocycles. The Labute approximate surface area is 253 Å². The molecule has 2 atom stereocenters. The lowest BCUT2D eigenvalue weighted by Crippen LogP contribution is -2.52. The van der Waals surface area contributed by atoms with Crippen LogP contribution in [0.5, 0.6) is 0 Å². The van der Waals surface area contributed by atoms with E-state index in [1.165, 1.54) is 6.92 Å². The molecule has 0 amide bonds. The Morgan fingerprint density at radius 3 is 2.65 bits per heavy atom. The van der Waals surface area contributed by atoms with Crippen LogP contribution in [0.1, 0.15) is 44.5 Å². The van der Waals surface area contributed by atoms with Gasteiger partial charge in [-0.3, -0.25) is 4.98 Å². The van der Waals surface area contributed by atoms with Crippen molar-refractivity contribution >= 4 is 36.4 Å². The average molecular weight is 608 g/mol. The van der Waals surface area contributed by atoms with Gasteiger partial charge in [0.15, 0.2) is 5.67 Å². The van der Waals surface area contributed by atoms with Crippen molar-refractivity contribution in [2.45, 2.75) is 84.2 Å². The van der Waals surface area contributed by atoms with Crippen LogP contribution in [0.3, 0.4) is 0 Å². The predicted octanol–water partition coefficient (Wildman–Crippen LogP) is 5.47. The summed E-state index contributed by atoms with van der Waals surface area (Å²) in [5.74, 6) is 3.05. The van der Waals surface area contributed by atoms with Gasteiger partial charge >= 0.3 is 0 Å². The number of alkyl halides is 1.